The predicted molar refractivity (Wildman–Crippen MR) is 68.8 cm³/mol. The van der Waals surface area contributed by atoms with Crippen LogP contribution in [-0.4, -0.2) is 19.0 Å². The maximum atomic E-state index is 11.7. The van der Waals surface area contributed by atoms with E-state index in [2.05, 4.69) is 28.8 Å². The molecule has 2 rings (SSSR count). The first-order valence-corrected chi connectivity index (χ1v) is 6.39. The second-order valence-electron chi connectivity index (χ2n) is 4.49. The highest BCUT2D eigenvalue weighted by Crippen LogP contribution is 2.29. The molecule has 3 heteroatoms. The summed E-state index contributed by atoms with van der Waals surface area (Å²) < 4.78 is 0. The van der Waals surface area contributed by atoms with E-state index < -0.39 is 0 Å². The number of nitrogens with one attached hydrogen (secondary N) is 2. The normalized spacial score (nSPS) is 18.5. The van der Waals surface area contributed by atoms with Gasteiger partial charge >= 0.3 is 0 Å². The molecule has 0 aliphatic heterocycles. The van der Waals surface area contributed by atoms with Gasteiger partial charge in [-0.25, -0.2) is 0 Å². The molecule has 1 aliphatic rings. The number of aryl methyl sites for hydroxylation is 1. The molecule has 1 aromatic rings. The molecule has 1 aliphatic carbocycles. The lowest BCUT2D eigenvalue weighted by Crippen LogP contribution is -2.37. The van der Waals surface area contributed by atoms with Crippen molar-refractivity contribution in [3.63, 3.8) is 0 Å². The minimum atomic E-state index is 0.0913. The smallest absolute Gasteiger partial charge is 0.234 e. The van der Waals surface area contributed by atoms with Crippen molar-refractivity contribution in [3.8, 4) is 0 Å². The molecule has 0 bridgehead atoms. The Balaban J connectivity index is 2.01. The molecule has 0 radical (unpaired) electrons. The zero-order chi connectivity index (χ0) is 12.1. The van der Waals surface area contributed by atoms with Crippen LogP contribution in [0.4, 0.5) is 0 Å². The van der Waals surface area contributed by atoms with Crippen molar-refractivity contribution in [1.82, 2.24) is 10.6 Å². The van der Waals surface area contributed by atoms with Gasteiger partial charge in [-0.3, -0.25) is 4.79 Å². The van der Waals surface area contributed by atoms with Gasteiger partial charge in [-0.15, -0.1) is 0 Å². The molecule has 0 heterocycles. The lowest BCUT2D eigenvalue weighted by Gasteiger charge is -2.26. The zero-order valence-electron chi connectivity index (χ0n) is 10.3. The van der Waals surface area contributed by atoms with Crippen LogP contribution in [0.5, 0.6) is 0 Å². The first-order chi connectivity index (χ1) is 8.31. The fraction of sp³-hybridized carbons (Fsp3) is 0.500. The van der Waals surface area contributed by atoms with E-state index in [1.807, 2.05) is 13.0 Å². The Hall–Kier alpha value is -1.35. The number of hydrogen-bond donors (Lipinski definition) is 2. The Morgan fingerprint density at radius 1 is 1.41 bits per heavy atom. The van der Waals surface area contributed by atoms with E-state index in [4.69, 9.17) is 0 Å². The van der Waals surface area contributed by atoms with Gasteiger partial charge in [0.25, 0.3) is 0 Å². The van der Waals surface area contributed by atoms with Crippen LogP contribution < -0.4 is 10.6 Å². The van der Waals surface area contributed by atoms with Gasteiger partial charge in [0.1, 0.15) is 0 Å². The molecule has 1 aromatic carbocycles. The van der Waals surface area contributed by atoms with Gasteiger partial charge in [-0.1, -0.05) is 31.2 Å². The summed E-state index contributed by atoms with van der Waals surface area (Å²) in [6, 6.07) is 8.62. The van der Waals surface area contributed by atoms with E-state index >= 15 is 0 Å². The number of rotatable bonds is 4. The number of fused-ring (bicyclic) bond motifs is 1. The number of carbonyl (C=O) groups is 1. The van der Waals surface area contributed by atoms with E-state index in [1.54, 1.807) is 0 Å². The summed E-state index contributed by atoms with van der Waals surface area (Å²) in [5.74, 6) is 0.0913. The molecule has 0 aromatic heterocycles. The van der Waals surface area contributed by atoms with Crippen molar-refractivity contribution in [2.24, 2.45) is 0 Å². The highest BCUT2D eigenvalue weighted by molar-refractivity contribution is 5.78. The highest BCUT2D eigenvalue weighted by Gasteiger charge is 2.20. The van der Waals surface area contributed by atoms with Gasteiger partial charge < -0.3 is 10.6 Å². The van der Waals surface area contributed by atoms with Crippen LogP contribution in [0.1, 0.15) is 36.9 Å². The van der Waals surface area contributed by atoms with Gasteiger partial charge in [0, 0.05) is 0 Å². The summed E-state index contributed by atoms with van der Waals surface area (Å²) in [6.45, 7) is 3.24. The van der Waals surface area contributed by atoms with E-state index in [0.29, 0.717) is 6.54 Å². The lowest BCUT2D eigenvalue weighted by molar-refractivity contribution is -0.121. The monoisotopic (exact) mass is 232 g/mol. The summed E-state index contributed by atoms with van der Waals surface area (Å²) >= 11 is 0. The molecule has 1 unspecified atom stereocenters. The number of hydrogen-bond acceptors (Lipinski definition) is 2. The van der Waals surface area contributed by atoms with Gasteiger partial charge in [-0.2, -0.15) is 0 Å². The molecular weight excluding hydrogens is 212 g/mol. The maximum absolute atomic E-state index is 11.7. The molecule has 0 fully saturated rings. The van der Waals surface area contributed by atoms with Crippen molar-refractivity contribution in [3.05, 3.63) is 35.4 Å². The summed E-state index contributed by atoms with van der Waals surface area (Å²) in [5, 5.41) is 6.16. The summed E-state index contributed by atoms with van der Waals surface area (Å²) in [5.41, 5.74) is 2.68. The van der Waals surface area contributed by atoms with Crippen LogP contribution >= 0.6 is 0 Å². The molecule has 17 heavy (non-hydrogen) atoms. The molecule has 92 valence electrons. The summed E-state index contributed by atoms with van der Waals surface area (Å²) in [4.78, 5) is 11.7. The summed E-state index contributed by atoms with van der Waals surface area (Å²) in [7, 11) is 0. The van der Waals surface area contributed by atoms with E-state index in [0.717, 1.165) is 25.8 Å². The Kier molecular flexibility index (Phi) is 4.15. The molecule has 1 atom stereocenters. The Morgan fingerprint density at radius 2 is 2.24 bits per heavy atom. The van der Waals surface area contributed by atoms with Crippen LogP contribution in [0.15, 0.2) is 24.3 Å². The van der Waals surface area contributed by atoms with Crippen LogP contribution in [0.25, 0.3) is 0 Å². The standard InChI is InChI=1S/C14H20N2O/c1-2-15-10-14(17)16-13-9-5-7-11-6-3-4-8-12(11)13/h3-4,6,8,13,15H,2,5,7,9-10H2,1H3,(H,16,17). The van der Waals surface area contributed by atoms with Gasteiger partial charge in [-0.05, 0) is 36.9 Å². The molecule has 0 saturated carbocycles. The van der Waals surface area contributed by atoms with Crippen LogP contribution in [0.3, 0.4) is 0 Å². The molecular formula is C14H20N2O. The van der Waals surface area contributed by atoms with Crippen LogP contribution in [0.2, 0.25) is 0 Å². The minimum Gasteiger partial charge on any atom is -0.348 e. The van der Waals surface area contributed by atoms with Crippen molar-refractivity contribution < 1.29 is 4.79 Å². The predicted octanol–water partition coefficient (Wildman–Crippen LogP) is 1.79. The van der Waals surface area contributed by atoms with E-state index in [9.17, 15) is 4.79 Å². The third kappa shape index (κ3) is 3.07. The SMILES string of the molecule is CCNCC(=O)NC1CCCc2ccccc21. The molecule has 0 saturated heterocycles. The fourth-order valence-electron chi connectivity index (χ4n) is 2.39. The topological polar surface area (TPSA) is 41.1 Å². The van der Waals surface area contributed by atoms with Crippen molar-refractivity contribution in [2.75, 3.05) is 13.1 Å². The molecule has 2 N–H and O–H groups in total. The van der Waals surface area contributed by atoms with Crippen molar-refractivity contribution >= 4 is 5.91 Å². The first-order valence-electron chi connectivity index (χ1n) is 6.39. The average Bonchev–Trinajstić information content (AvgIpc) is 2.37. The Bertz CT molecular complexity index is 390. The maximum Gasteiger partial charge on any atom is 0.234 e. The van der Waals surface area contributed by atoms with Crippen LogP contribution in [-0.2, 0) is 11.2 Å². The first kappa shape index (κ1) is 12.1. The number of benzene rings is 1. The Morgan fingerprint density at radius 3 is 3.06 bits per heavy atom. The number of amides is 1. The van der Waals surface area contributed by atoms with Crippen molar-refractivity contribution in [1.29, 1.82) is 0 Å². The van der Waals surface area contributed by atoms with E-state index in [-0.39, 0.29) is 11.9 Å². The molecule has 1 amide bonds. The van der Waals surface area contributed by atoms with Gasteiger partial charge in [0.05, 0.1) is 12.6 Å². The zero-order valence-corrected chi connectivity index (χ0v) is 10.3. The second-order valence-corrected chi connectivity index (χ2v) is 4.49. The largest absolute Gasteiger partial charge is 0.348 e. The van der Waals surface area contributed by atoms with Gasteiger partial charge in [0.2, 0.25) is 5.91 Å². The molecule has 0 spiro atoms. The van der Waals surface area contributed by atoms with E-state index in [1.165, 1.54) is 11.1 Å². The Labute approximate surface area is 103 Å². The third-order valence-electron chi connectivity index (χ3n) is 3.24. The molecule has 3 nitrogen and oxygen atoms in total. The van der Waals surface area contributed by atoms with Crippen molar-refractivity contribution in [2.45, 2.75) is 32.2 Å². The number of carbonyl (C=O) groups excluding carboxylic acids is 1. The fourth-order valence-corrected chi connectivity index (χ4v) is 2.39. The van der Waals surface area contributed by atoms with Gasteiger partial charge in [0.15, 0.2) is 0 Å². The summed E-state index contributed by atoms with van der Waals surface area (Å²) in [6.07, 6.45) is 3.34. The number of likely N-dealkylation sites (N-methyl/N-ethyl adjacent to an activating group) is 1. The third-order valence-corrected chi connectivity index (χ3v) is 3.24. The van der Waals surface area contributed by atoms with Crippen LogP contribution in [0, 0.1) is 0 Å². The highest BCUT2D eigenvalue weighted by atomic mass is 16.1. The second kappa shape index (κ2) is 5.82. The average molecular weight is 232 g/mol. The lowest BCUT2D eigenvalue weighted by atomic mass is 9.88. The minimum absolute atomic E-state index is 0.0913. The quantitative estimate of drug-likeness (QED) is 0.831.